The Bertz CT molecular complexity index is 484. The lowest BCUT2D eigenvalue weighted by molar-refractivity contribution is 0.0409. The molecule has 0 aliphatic carbocycles. The third-order valence-corrected chi connectivity index (χ3v) is 4.00. The number of aromatic nitrogens is 2. The SMILES string of the molecule is CC1CC(CCCO)C(N2CNc3c(N)ncnc32)O1. The van der Waals surface area contributed by atoms with Crippen molar-refractivity contribution in [2.24, 2.45) is 5.92 Å². The van der Waals surface area contributed by atoms with Gasteiger partial charge in [0.25, 0.3) is 0 Å². The van der Waals surface area contributed by atoms with Crippen LogP contribution in [-0.2, 0) is 4.74 Å². The van der Waals surface area contributed by atoms with E-state index >= 15 is 0 Å². The molecular weight excluding hydrogens is 258 g/mol. The first-order chi connectivity index (χ1) is 9.70. The van der Waals surface area contributed by atoms with E-state index in [2.05, 4.69) is 27.1 Å². The first-order valence-corrected chi connectivity index (χ1v) is 7.08. The van der Waals surface area contributed by atoms with Gasteiger partial charge in [0.05, 0.1) is 12.8 Å². The molecule has 0 aromatic carbocycles. The van der Waals surface area contributed by atoms with Crippen LogP contribution in [0.2, 0.25) is 0 Å². The summed E-state index contributed by atoms with van der Waals surface area (Å²) in [6.07, 6.45) is 4.47. The minimum atomic E-state index is -0.0143. The number of hydrogen-bond donors (Lipinski definition) is 3. The van der Waals surface area contributed by atoms with Crippen molar-refractivity contribution in [3.63, 3.8) is 0 Å². The highest BCUT2D eigenvalue weighted by Gasteiger charge is 2.40. The third-order valence-electron chi connectivity index (χ3n) is 4.00. The second-order valence-corrected chi connectivity index (χ2v) is 5.46. The molecule has 3 heterocycles. The van der Waals surface area contributed by atoms with E-state index in [1.807, 2.05) is 0 Å². The predicted molar refractivity (Wildman–Crippen MR) is 76.2 cm³/mol. The highest BCUT2D eigenvalue weighted by molar-refractivity contribution is 5.79. The Labute approximate surface area is 118 Å². The molecule has 1 saturated heterocycles. The Morgan fingerprint density at radius 1 is 1.55 bits per heavy atom. The molecule has 3 rings (SSSR count). The average Bonchev–Trinajstić information content (AvgIpc) is 3.00. The van der Waals surface area contributed by atoms with Gasteiger partial charge in [-0.25, -0.2) is 9.97 Å². The van der Waals surface area contributed by atoms with Crippen molar-refractivity contribution in [2.45, 2.75) is 38.5 Å². The zero-order chi connectivity index (χ0) is 14.1. The number of hydrogen-bond acceptors (Lipinski definition) is 7. The van der Waals surface area contributed by atoms with Crippen LogP contribution in [0.25, 0.3) is 0 Å². The number of nitrogen functional groups attached to an aromatic ring is 1. The number of nitrogens with one attached hydrogen (secondary N) is 1. The molecule has 110 valence electrons. The van der Waals surface area contributed by atoms with Gasteiger partial charge in [-0.05, 0) is 26.2 Å². The van der Waals surface area contributed by atoms with Crippen molar-refractivity contribution >= 4 is 17.3 Å². The maximum absolute atomic E-state index is 9.03. The Balaban J connectivity index is 1.81. The Morgan fingerprint density at radius 2 is 2.40 bits per heavy atom. The van der Waals surface area contributed by atoms with Crippen molar-refractivity contribution in [1.29, 1.82) is 0 Å². The normalized spacial score (nSPS) is 28.5. The molecule has 0 amide bonds. The molecule has 2 aliphatic heterocycles. The molecule has 20 heavy (non-hydrogen) atoms. The van der Waals surface area contributed by atoms with Crippen LogP contribution in [0.3, 0.4) is 0 Å². The summed E-state index contributed by atoms with van der Waals surface area (Å²) in [6.45, 7) is 2.94. The third kappa shape index (κ3) is 2.27. The fraction of sp³-hybridized carbons (Fsp3) is 0.692. The minimum absolute atomic E-state index is 0.0143. The Kier molecular flexibility index (Phi) is 3.62. The highest BCUT2D eigenvalue weighted by Crippen LogP contribution is 2.40. The second-order valence-electron chi connectivity index (χ2n) is 5.46. The number of fused-ring (bicyclic) bond motifs is 1. The molecule has 0 saturated carbocycles. The molecular formula is C13H21N5O2. The van der Waals surface area contributed by atoms with E-state index in [0.29, 0.717) is 18.4 Å². The molecule has 1 aromatic rings. The maximum Gasteiger partial charge on any atom is 0.161 e. The van der Waals surface area contributed by atoms with E-state index in [-0.39, 0.29) is 18.9 Å². The lowest BCUT2D eigenvalue weighted by atomic mass is 9.97. The fourth-order valence-electron chi connectivity index (χ4n) is 3.12. The second kappa shape index (κ2) is 5.41. The molecule has 4 N–H and O–H groups in total. The monoisotopic (exact) mass is 279 g/mol. The van der Waals surface area contributed by atoms with Gasteiger partial charge in [-0.15, -0.1) is 0 Å². The predicted octanol–water partition coefficient (Wildman–Crippen LogP) is 0.772. The summed E-state index contributed by atoms with van der Waals surface area (Å²) in [5, 5.41) is 12.3. The zero-order valence-corrected chi connectivity index (χ0v) is 11.6. The number of nitrogens with two attached hydrogens (primary N) is 1. The van der Waals surface area contributed by atoms with Crippen molar-refractivity contribution in [3.05, 3.63) is 6.33 Å². The molecule has 1 aromatic heterocycles. The Morgan fingerprint density at radius 3 is 3.20 bits per heavy atom. The highest BCUT2D eigenvalue weighted by atomic mass is 16.5. The number of aliphatic hydroxyl groups is 1. The smallest absolute Gasteiger partial charge is 0.161 e. The topological polar surface area (TPSA) is 96.5 Å². The largest absolute Gasteiger partial charge is 0.396 e. The van der Waals surface area contributed by atoms with E-state index in [9.17, 15) is 0 Å². The van der Waals surface area contributed by atoms with Crippen molar-refractivity contribution in [2.75, 3.05) is 29.2 Å². The van der Waals surface area contributed by atoms with E-state index in [4.69, 9.17) is 15.6 Å². The van der Waals surface area contributed by atoms with Gasteiger partial charge in [-0.1, -0.05) is 0 Å². The molecule has 1 fully saturated rings. The molecule has 2 aliphatic rings. The van der Waals surface area contributed by atoms with Crippen LogP contribution in [0, 0.1) is 5.92 Å². The number of nitrogens with zero attached hydrogens (tertiary/aromatic N) is 3. The fourth-order valence-corrected chi connectivity index (χ4v) is 3.12. The molecule has 7 nitrogen and oxygen atoms in total. The van der Waals surface area contributed by atoms with Gasteiger partial charge >= 0.3 is 0 Å². The van der Waals surface area contributed by atoms with Crippen LogP contribution < -0.4 is 16.0 Å². The number of anilines is 3. The van der Waals surface area contributed by atoms with Crippen LogP contribution in [-0.4, -0.2) is 40.7 Å². The summed E-state index contributed by atoms with van der Waals surface area (Å²) >= 11 is 0. The summed E-state index contributed by atoms with van der Waals surface area (Å²) in [5.74, 6) is 1.68. The quantitative estimate of drug-likeness (QED) is 0.749. The average molecular weight is 279 g/mol. The first kappa shape index (κ1) is 13.4. The van der Waals surface area contributed by atoms with Crippen molar-refractivity contribution in [1.82, 2.24) is 9.97 Å². The van der Waals surface area contributed by atoms with E-state index in [1.165, 1.54) is 6.33 Å². The number of aliphatic hydroxyl groups excluding tert-OH is 1. The van der Waals surface area contributed by atoms with Crippen LogP contribution in [0.1, 0.15) is 26.2 Å². The maximum atomic E-state index is 9.03. The zero-order valence-electron chi connectivity index (χ0n) is 11.6. The number of ether oxygens (including phenoxy) is 1. The summed E-state index contributed by atoms with van der Waals surface area (Å²) < 4.78 is 6.05. The molecule has 0 spiro atoms. The molecule has 3 atom stereocenters. The van der Waals surface area contributed by atoms with Crippen LogP contribution in [0.5, 0.6) is 0 Å². The van der Waals surface area contributed by atoms with Gasteiger partial charge in [-0.2, -0.15) is 0 Å². The first-order valence-electron chi connectivity index (χ1n) is 7.08. The minimum Gasteiger partial charge on any atom is -0.396 e. The standard InChI is InChI=1S/C13H21N5O2/c1-8-5-9(3-2-4-19)13(20-8)18-7-17-10-11(14)15-6-16-12(10)18/h6,8-9,13,17,19H,2-5,7H2,1H3,(H2,14,15,16). The lowest BCUT2D eigenvalue weighted by Crippen LogP contribution is -2.39. The van der Waals surface area contributed by atoms with Crippen LogP contribution in [0.4, 0.5) is 17.3 Å². The van der Waals surface area contributed by atoms with E-state index < -0.39 is 0 Å². The van der Waals surface area contributed by atoms with Crippen molar-refractivity contribution < 1.29 is 9.84 Å². The summed E-state index contributed by atoms with van der Waals surface area (Å²) in [5.41, 5.74) is 6.65. The molecule has 0 radical (unpaired) electrons. The van der Waals surface area contributed by atoms with Crippen molar-refractivity contribution in [3.8, 4) is 0 Å². The van der Waals surface area contributed by atoms with Gasteiger partial charge in [0.15, 0.2) is 11.6 Å². The molecule has 0 bridgehead atoms. The Hall–Kier alpha value is -1.60. The van der Waals surface area contributed by atoms with E-state index in [1.54, 1.807) is 0 Å². The van der Waals surface area contributed by atoms with Gasteiger partial charge < -0.3 is 25.8 Å². The summed E-state index contributed by atoms with van der Waals surface area (Å²) in [4.78, 5) is 10.4. The lowest BCUT2D eigenvalue weighted by Gasteiger charge is -2.29. The molecule has 7 heteroatoms. The van der Waals surface area contributed by atoms with Gasteiger partial charge in [-0.3, -0.25) is 0 Å². The van der Waals surface area contributed by atoms with E-state index in [0.717, 1.165) is 30.8 Å². The van der Waals surface area contributed by atoms with Gasteiger partial charge in [0.2, 0.25) is 0 Å². The van der Waals surface area contributed by atoms with Gasteiger partial charge in [0, 0.05) is 12.5 Å². The van der Waals surface area contributed by atoms with Gasteiger partial charge in [0.1, 0.15) is 18.2 Å². The van der Waals surface area contributed by atoms with Crippen LogP contribution in [0.15, 0.2) is 6.33 Å². The van der Waals surface area contributed by atoms with Crippen LogP contribution >= 0.6 is 0 Å². The molecule has 3 unspecified atom stereocenters. The number of rotatable bonds is 4. The summed E-state index contributed by atoms with van der Waals surface area (Å²) in [7, 11) is 0. The summed E-state index contributed by atoms with van der Waals surface area (Å²) in [6, 6.07) is 0.